The van der Waals surface area contributed by atoms with E-state index in [0.717, 1.165) is 18.4 Å². The molecule has 0 unspecified atom stereocenters. The molecule has 2 aliphatic rings. The van der Waals surface area contributed by atoms with Gasteiger partial charge in [0.05, 0.1) is 12.6 Å². The highest BCUT2D eigenvalue weighted by Crippen LogP contribution is 2.29. The predicted octanol–water partition coefficient (Wildman–Crippen LogP) is 1.65. The van der Waals surface area contributed by atoms with Gasteiger partial charge < -0.3 is 5.32 Å². The second kappa shape index (κ2) is 3.93. The Kier molecular flexibility index (Phi) is 2.44. The zero-order valence-corrected chi connectivity index (χ0v) is 9.02. The molecule has 0 saturated heterocycles. The lowest BCUT2D eigenvalue weighted by molar-refractivity contribution is 0.438. The summed E-state index contributed by atoms with van der Waals surface area (Å²) in [7, 11) is 0. The summed E-state index contributed by atoms with van der Waals surface area (Å²) in [5, 5.41) is 7.86. The van der Waals surface area contributed by atoms with Crippen LogP contribution in [-0.4, -0.2) is 20.8 Å². The largest absolute Gasteiger partial charge is 0.307 e. The second-order valence-corrected chi connectivity index (χ2v) is 4.71. The number of rotatable bonds is 4. The highest BCUT2D eigenvalue weighted by Gasteiger charge is 2.23. The van der Waals surface area contributed by atoms with Crippen LogP contribution in [0.5, 0.6) is 0 Å². The van der Waals surface area contributed by atoms with Crippen molar-refractivity contribution < 1.29 is 0 Å². The second-order valence-electron chi connectivity index (χ2n) is 4.71. The van der Waals surface area contributed by atoms with E-state index in [4.69, 9.17) is 0 Å². The van der Waals surface area contributed by atoms with Gasteiger partial charge in [0, 0.05) is 6.04 Å². The van der Waals surface area contributed by atoms with Crippen molar-refractivity contribution >= 4 is 0 Å². The number of hydrogen-bond acceptors (Lipinski definition) is 3. The SMILES string of the molecule is c1nc(CNC2CC2)n(C2CCCC2)n1. The molecule has 1 heterocycles. The lowest BCUT2D eigenvalue weighted by atomic mass is 10.2. The van der Waals surface area contributed by atoms with Crippen molar-refractivity contribution in [3.05, 3.63) is 12.2 Å². The van der Waals surface area contributed by atoms with Crippen molar-refractivity contribution in [2.45, 2.75) is 57.2 Å². The fraction of sp³-hybridized carbons (Fsp3) is 0.818. The lowest BCUT2D eigenvalue weighted by Crippen LogP contribution is -2.20. The molecule has 0 amide bonds. The minimum Gasteiger partial charge on any atom is -0.307 e. The molecule has 1 aromatic heterocycles. The van der Waals surface area contributed by atoms with Gasteiger partial charge in [-0.05, 0) is 25.7 Å². The quantitative estimate of drug-likeness (QED) is 0.814. The summed E-state index contributed by atoms with van der Waals surface area (Å²) in [6.45, 7) is 0.890. The van der Waals surface area contributed by atoms with E-state index < -0.39 is 0 Å². The van der Waals surface area contributed by atoms with E-state index in [9.17, 15) is 0 Å². The summed E-state index contributed by atoms with van der Waals surface area (Å²) in [5.74, 6) is 1.12. The molecule has 82 valence electrons. The van der Waals surface area contributed by atoms with E-state index in [1.54, 1.807) is 6.33 Å². The van der Waals surface area contributed by atoms with E-state index >= 15 is 0 Å². The smallest absolute Gasteiger partial charge is 0.141 e. The Hall–Kier alpha value is -0.900. The van der Waals surface area contributed by atoms with Gasteiger partial charge in [-0.25, -0.2) is 9.67 Å². The summed E-state index contributed by atoms with van der Waals surface area (Å²) in [6, 6.07) is 1.36. The van der Waals surface area contributed by atoms with Crippen LogP contribution in [0.3, 0.4) is 0 Å². The monoisotopic (exact) mass is 206 g/mol. The number of aromatic nitrogens is 3. The first-order valence-electron chi connectivity index (χ1n) is 6.05. The molecule has 0 radical (unpaired) electrons. The first kappa shape index (κ1) is 9.33. The highest BCUT2D eigenvalue weighted by atomic mass is 15.4. The van der Waals surface area contributed by atoms with Crippen molar-refractivity contribution in [2.24, 2.45) is 0 Å². The minimum absolute atomic E-state index is 0.614. The van der Waals surface area contributed by atoms with Gasteiger partial charge in [0.1, 0.15) is 12.2 Å². The third kappa shape index (κ3) is 2.04. The Morgan fingerprint density at radius 2 is 2.07 bits per heavy atom. The van der Waals surface area contributed by atoms with Crippen LogP contribution in [0.4, 0.5) is 0 Å². The molecule has 2 fully saturated rings. The van der Waals surface area contributed by atoms with Gasteiger partial charge in [0.2, 0.25) is 0 Å². The molecule has 3 rings (SSSR count). The van der Waals surface area contributed by atoms with E-state index in [0.29, 0.717) is 6.04 Å². The molecule has 1 aromatic rings. The molecule has 0 aliphatic heterocycles. The van der Waals surface area contributed by atoms with Gasteiger partial charge >= 0.3 is 0 Å². The number of nitrogens with zero attached hydrogens (tertiary/aromatic N) is 3. The van der Waals surface area contributed by atoms with Crippen molar-refractivity contribution in [2.75, 3.05) is 0 Å². The van der Waals surface area contributed by atoms with Gasteiger partial charge in [-0.3, -0.25) is 0 Å². The third-order valence-electron chi connectivity index (χ3n) is 3.44. The normalized spacial score (nSPS) is 22.4. The van der Waals surface area contributed by atoms with Crippen LogP contribution in [0.1, 0.15) is 50.4 Å². The maximum atomic E-state index is 4.36. The van der Waals surface area contributed by atoms with Crippen LogP contribution in [0, 0.1) is 0 Å². The van der Waals surface area contributed by atoms with E-state index in [1.165, 1.54) is 38.5 Å². The summed E-state index contributed by atoms with van der Waals surface area (Å²) in [4.78, 5) is 4.35. The fourth-order valence-corrected chi connectivity index (χ4v) is 2.38. The molecule has 4 heteroatoms. The Morgan fingerprint density at radius 3 is 2.80 bits per heavy atom. The summed E-state index contributed by atoms with van der Waals surface area (Å²) in [6.07, 6.45) is 9.61. The van der Waals surface area contributed by atoms with Crippen LogP contribution in [0.2, 0.25) is 0 Å². The predicted molar refractivity (Wildman–Crippen MR) is 57.4 cm³/mol. The number of nitrogens with one attached hydrogen (secondary N) is 1. The van der Waals surface area contributed by atoms with Gasteiger partial charge in [-0.1, -0.05) is 12.8 Å². The topological polar surface area (TPSA) is 42.7 Å². The first-order valence-corrected chi connectivity index (χ1v) is 6.05. The van der Waals surface area contributed by atoms with Crippen LogP contribution in [0.15, 0.2) is 6.33 Å². The zero-order chi connectivity index (χ0) is 10.1. The zero-order valence-electron chi connectivity index (χ0n) is 9.02. The van der Waals surface area contributed by atoms with Gasteiger partial charge in [0.15, 0.2) is 0 Å². The van der Waals surface area contributed by atoms with Crippen LogP contribution < -0.4 is 5.32 Å². The molecule has 4 nitrogen and oxygen atoms in total. The summed E-state index contributed by atoms with van der Waals surface area (Å²) in [5.41, 5.74) is 0. The van der Waals surface area contributed by atoms with Crippen molar-refractivity contribution in [1.29, 1.82) is 0 Å². The van der Waals surface area contributed by atoms with E-state index in [1.807, 2.05) is 0 Å². The van der Waals surface area contributed by atoms with E-state index in [2.05, 4.69) is 20.1 Å². The van der Waals surface area contributed by atoms with Crippen molar-refractivity contribution in [1.82, 2.24) is 20.1 Å². The van der Waals surface area contributed by atoms with Gasteiger partial charge in [-0.15, -0.1) is 0 Å². The number of hydrogen-bond donors (Lipinski definition) is 1. The molecule has 0 spiro atoms. The molecular formula is C11H18N4. The average Bonchev–Trinajstić information content (AvgIpc) is 2.79. The lowest BCUT2D eigenvalue weighted by Gasteiger charge is -2.12. The standard InChI is InChI=1S/C11H18N4/c1-2-4-10(3-1)15-11(13-8-14-15)7-12-9-5-6-9/h8-10,12H,1-7H2. The van der Waals surface area contributed by atoms with Crippen LogP contribution >= 0.6 is 0 Å². The fourth-order valence-electron chi connectivity index (χ4n) is 2.38. The molecule has 15 heavy (non-hydrogen) atoms. The third-order valence-corrected chi connectivity index (χ3v) is 3.44. The molecule has 0 atom stereocenters. The van der Waals surface area contributed by atoms with Crippen LogP contribution in [0.25, 0.3) is 0 Å². The van der Waals surface area contributed by atoms with Gasteiger partial charge in [0.25, 0.3) is 0 Å². The molecular weight excluding hydrogens is 188 g/mol. The van der Waals surface area contributed by atoms with Crippen molar-refractivity contribution in [3.63, 3.8) is 0 Å². The van der Waals surface area contributed by atoms with Crippen molar-refractivity contribution in [3.8, 4) is 0 Å². The molecule has 2 aliphatic carbocycles. The maximum absolute atomic E-state index is 4.36. The minimum atomic E-state index is 0.614. The van der Waals surface area contributed by atoms with Crippen LogP contribution in [-0.2, 0) is 6.54 Å². The highest BCUT2D eigenvalue weighted by molar-refractivity contribution is 4.91. The molecule has 0 aromatic carbocycles. The first-order chi connectivity index (χ1) is 7.43. The Morgan fingerprint density at radius 1 is 1.27 bits per heavy atom. The Labute approximate surface area is 90.1 Å². The van der Waals surface area contributed by atoms with Gasteiger partial charge in [-0.2, -0.15) is 5.10 Å². The average molecular weight is 206 g/mol. The molecule has 1 N–H and O–H groups in total. The maximum Gasteiger partial charge on any atom is 0.141 e. The molecule has 2 saturated carbocycles. The summed E-state index contributed by atoms with van der Waals surface area (Å²) < 4.78 is 2.14. The Bertz CT molecular complexity index is 323. The summed E-state index contributed by atoms with van der Waals surface area (Å²) >= 11 is 0. The Balaban J connectivity index is 1.67. The molecule has 0 bridgehead atoms. The van der Waals surface area contributed by atoms with E-state index in [-0.39, 0.29) is 0 Å².